The molecule has 136 valence electrons. The van der Waals surface area contributed by atoms with Gasteiger partial charge in [0.1, 0.15) is 0 Å². The molecule has 1 heterocycles. The first-order valence-electron chi connectivity index (χ1n) is 8.81. The molecule has 0 bridgehead atoms. The van der Waals surface area contributed by atoms with Gasteiger partial charge in [-0.15, -0.1) is 0 Å². The number of hydrogen-bond donors (Lipinski definition) is 1. The van der Waals surface area contributed by atoms with Crippen molar-refractivity contribution >= 4 is 36.6 Å². The summed E-state index contributed by atoms with van der Waals surface area (Å²) in [6.45, 7) is 2.06. The Morgan fingerprint density at radius 3 is 2.22 bits per heavy atom. The Morgan fingerprint density at radius 1 is 0.926 bits per heavy atom. The molecule has 2 N–H and O–H groups in total. The zero-order valence-corrected chi connectivity index (χ0v) is 16.6. The van der Waals surface area contributed by atoms with Crippen LogP contribution in [0, 0.1) is 0 Å². The van der Waals surface area contributed by atoms with E-state index in [9.17, 15) is 0 Å². The van der Waals surface area contributed by atoms with Crippen molar-refractivity contribution in [1.82, 2.24) is 0 Å². The second-order valence-electron chi connectivity index (χ2n) is 6.47. The molecule has 0 spiro atoms. The van der Waals surface area contributed by atoms with E-state index in [1.807, 2.05) is 60.7 Å². The molecule has 27 heavy (non-hydrogen) atoms. The third kappa shape index (κ3) is 2.93. The van der Waals surface area contributed by atoms with Crippen LogP contribution in [0.15, 0.2) is 89.9 Å². The van der Waals surface area contributed by atoms with Gasteiger partial charge in [0.2, 0.25) is 0 Å². The molecule has 2 unspecified atom stereocenters. The Balaban J connectivity index is 1.88. The third-order valence-electron chi connectivity index (χ3n) is 4.89. The molecule has 5 heteroatoms. The van der Waals surface area contributed by atoms with E-state index in [2.05, 4.69) is 24.0 Å². The number of nitrogens with two attached hydrogens (primary N) is 1. The number of hydrogen-bond acceptors (Lipinski definition) is 3. The van der Waals surface area contributed by atoms with E-state index in [0.717, 1.165) is 10.7 Å². The number of aliphatic imine (C=N–C) groups is 1. The minimum atomic E-state index is -1.13. The second kappa shape index (κ2) is 7.18. The molecule has 3 aromatic carbocycles. The molecule has 3 aromatic rings. The average Bonchev–Trinajstić information content (AvgIpc) is 2.70. The van der Waals surface area contributed by atoms with E-state index < -0.39 is 5.54 Å². The van der Waals surface area contributed by atoms with E-state index in [1.165, 1.54) is 4.46 Å². The Hall–Kier alpha value is -2.62. The first-order chi connectivity index (χ1) is 13.1. The van der Waals surface area contributed by atoms with E-state index in [0.29, 0.717) is 17.2 Å². The van der Waals surface area contributed by atoms with Gasteiger partial charge in [-0.05, 0) is 0 Å². The fraction of sp³-hybridized carbons (Fsp3) is 0.136. The number of nitrogens with zero attached hydrogens (tertiary/aromatic N) is 2. The van der Waals surface area contributed by atoms with Gasteiger partial charge in [0.15, 0.2) is 0 Å². The first-order valence-corrected chi connectivity index (χ1v) is 10.7. The van der Waals surface area contributed by atoms with Crippen LogP contribution in [0.25, 0.3) is 0 Å². The molecule has 2 atom stereocenters. The fourth-order valence-corrected chi connectivity index (χ4v) is 6.18. The fourth-order valence-electron chi connectivity index (χ4n) is 3.57. The summed E-state index contributed by atoms with van der Waals surface area (Å²) >= 11 is -0.00609. The van der Waals surface area contributed by atoms with E-state index in [-0.39, 0.29) is 19.8 Å². The maximum absolute atomic E-state index is 16.1. The van der Waals surface area contributed by atoms with Crippen LogP contribution in [-0.2, 0) is 5.54 Å². The van der Waals surface area contributed by atoms with Crippen molar-refractivity contribution in [3.8, 4) is 0 Å². The van der Waals surface area contributed by atoms with Gasteiger partial charge in [0, 0.05) is 0 Å². The van der Waals surface area contributed by atoms with Crippen LogP contribution in [0.3, 0.4) is 0 Å². The first kappa shape index (κ1) is 17.8. The van der Waals surface area contributed by atoms with Gasteiger partial charge in [-0.3, -0.25) is 0 Å². The summed E-state index contributed by atoms with van der Waals surface area (Å²) in [6, 6.07) is 27.0. The Labute approximate surface area is 164 Å². The molecule has 0 saturated carbocycles. The number of halogens is 1. The van der Waals surface area contributed by atoms with Crippen molar-refractivity contribution in [2.75, 3.05) is 5.12 Å². The maximum atomic E-state index is 16.1. The number of para-hydroxylation sites is 2. The van der Waals surface area contributed by atoms with Gasteiger partial charge in [0.05, 0.1) is 0 Å². The summed E-state index contributed by atoms with van der Waals surface area (Å²) in [4.78, 5) is 4.53. The van der Waals surface area contributed by atoms with Crippen LogP contribution >= 0.6 is 0 Å². The van der Waals surface area contributed by atoms with E-state index in [4.69, 9.17) is 5.73 Å². The number of fused-ring (bicyclic) bond motifs is 1. The van der Waals surface area contributed by atoms with Gasteiger partial charge in [-0.2, -0.15) is 0 Å². The summed E-state index contributed by atoms with van der Waals surface area (Å²) in [5.74, 6) is 0.292. The summed E-state index contributed by atoms with van der Waals surface area (Å²) in [5.41, 5.74) is 7.17. The number of amidine groups is 1. The van der Waals surface area contributed by atoms with E-state index >= 15 is 4.48 Å². The van der Waals surface area contributed by atoms with Crippen LogP contribution in [0.1, 0.15) is 12.5 Å². The van der Waals surface area contributed by atoms with Crippen molar-refractivity contribution in [2.24, 2.45) is 10.7 Å². The number of benzene rings is 3. The molecule has 0 saturated heterocycles. The summed E-state index contributed by atoms with van der Waals surface area (Å²) < 4.78 is 17.3. The van der Waals surface area contributed by atoms with Crippen LogP contribution in [0.4, 0.5) is 15.9 Å². The predicted octanol–water partition coefficient (Wildman–Crippen LogP) is 4.11. The Morgan fingerprint density at radius 2 is 1.52 bits per heavy atom. The second-order valence-corrected chi connectivity index (χ2v) is 9.44. The standard InChI is InChI=1S/C22H20FN3Se/c1-16(27-18-12-6-3-7-13-18)22(17-10-4-2-5-11-17)21(24)25-19-14-8-9-15-20(19)26(22)23/h2-16H,1H3,(H2,24,25). The van der Waals surface area contributed by atoms with Crippen molar-refractivity contribution in [2.45, 2.75) is 17.3 Å². The Bertz CT molecular complexity index is 962. The van der Waals surface area contributed by atoms with Gasteiger partial charge >= 0.3 is 165 Å². The molecule has 0 fully saturated rings. The van der Waals surface area contributed by atoms with Crippen LogP contribution in [0.2, 0.25) is 4.82 Å². The molecule has 0 amide bonds. The van der Waals surface area contributed by atoms with E-state index in [1.54, 1.807) is 12.1 Å². The molecule has 4 rings (SSSR count). The Kier molecular flexibility index (Phi) is 4.73. The van der Waals surface area contributed by atoms with Crippen LogP contribution in [-0.4, -0.2) is 20.8 Å². The number of anilines is 1. The van der Waals surface area contributed by atoms with Gasteiger partial charge in [-0.25, -0.2) is 0 Å². The molecular weight excluding hydrogens is 404 g/mol. The molecule has 0 radical (unpaired) electrons. The monoisotopic (exact) mass is 425 g/mol. The predicted molar refractivity (Wildman–Crippen MR) is 111 cm³/mol. The molecule has 0 aromatic heterocycles. The molecule has 0 aliphatic carbocycles. The third-order valence-corrected chi connectivity index (χ3v) is 7.49. The quantitative estimate of drug-likeness (QED) is 0.506. The average molecular weight is 424 g/mol. The molecule has 3 nitrogen and oxygen atoms in total. The van der Waals surface area contributed by atoms with Crippen molar-refractivity contribution in [3.63, 3.8) is 0 Å². The molecular formula is C22H20FN3Se. The summed E-state index contributed by atoms with van der Waals surface area (Å²) in [6.07, 6.45) is 0. The van der Waals surface area contributed by atoms with Crippen molar-refractivity contribution in [1.29, 1.82) is 0 Å². The minimum absolute atomic E-state index is 0.00609. The van der Waals surface area contributed by atoms with Crippen molar-refractivity contribution in [3.05, 3.63) is 90.5 Å². The van der Waals surface area contributed by atoms with Crippen LogP contribution in [0.5, 0.6) is 0 Å². The SMILES string of the molecule is CC([Se]c1ccccc1)C1(c2ccccc2)C(N)=Nc2ccccc2N1F. The zero-order chi connectivity index (χ0) is 18.9. The van der Waals surface area contributed by atoms with Crippen molar-refractivity contribution < 1.29 is 4.48 Å². The van der Waals surface area contributed by atoms with Crippen LogP contribution < -0.4 is 15.3 Å². The zero-order valence-electron chi connectivity index (χ0n) is 14.9. The normalized spacial score (nSPS) is 19.9. The summed E-state index contributed by atoms with van der Waals surface area (Å²) in [5, 5.41) is 0.829. The van der Waals surface area contributed by atoms with Gasteiger partial charge in [0.25, 0.3) is 0 Å². The summed E-state index contributed by atoms with van der Waals surface area (Å²) in [7, 11) is 0. The molecule has 1 aliphatic rings. The molecule has 1 aliphatic heterocycles. The van der Waals surface area contributed by atoms with Gasteiger partial charge in [-0.1, -0.05) is 0 Å². The topological polar surface area (TPSA) is 41.6 Å². The number of rotatable bonds is 4. The van der Waals surface area contributed by atoms with Gasteiger partial charge < -0.3 is 0 Å².